The number of benzene rings is 1. The first kappa shape index (κ1) is 8.32. The van der Waals surface area contributed by atoms with E-state index in [1.54, 1.807) is 11.8 Å². The summed E-state index contributed by atoms with van der Waals surface area (Å²) in [5.74, 6) is 0. The van der Waals surface area contributed by atoms with Gasteiger partial charge in [0.15, 0.2) is 5.16 Å². The summed E-state index contributed by atoms with van der Waals surface area (Å²) in [4.78, 5) is 4.46. The second kappa shape index (κ2) is 2.74. The van der Waals surface area contributed by atoms with E-state index in [0.29, 0.717) is 0 Å². The van der Waals surface area contributed by atoms with Gasteiger partial charge in [-0.15, -0.1) is 0 Å². The third-order valence-corrected chi connectivity index (χ3v) is 3.65. The first-order valence-corrected chi connectivity index (χ1v) is 5.47. The number of fused-ring (bicyclic) bond motifs is 3. The van der Waals surface area contributed by atoms with Crippen LogP contribution in [0, 0.1) is 0 Å². The molecule has 0 aliphatic carbocycles. The standard InChI is InChI=1S/C10H10N2OS/c1-6-9(13)12-8-5-3-2-4-7(8)11-10(12)14-6/h2-6,9,13H,1H3. The predicted molar refractivity (Wildman–Crippen MR) is 56.3 cm³/mol. The van der Waals surface area contributed by atoms with Crippen LogP contribution in [0.5, 0.6) is 0 Å². The molecule has 2 aromatic rings. The number of aliphatic hydroxyl groups is 1. The summed E-state index contributed by atoms with van der Waals surface area (Å²) in [7, 11) is 0. The van der Waals surface area contributed by atoms with Crippen LogP contribution in [0.1, 0.15) is 13.2 Å². The number of nitrogens with zero attached hydrogens (tertiary/aromatic N) is 2. The highest BCUT2D eigenvalue weighted by Gasteiger charge is 2.30. The monoisotopic (exact) mass is 206 g/mol. The highest BCUT2D eigenvalue weighted by molar-refractivity contribution is 8.00. The maximum Gasteiger partial charge on any atom is 0.171 e. The van der Waals surface area contributed by atoms with Crippen molar-refractivity contribution in [3.63, 3.8) is 0 Å². The van der Waals surface area contributed by atoms with Gasteiger partial charge in [0.25, 0.3) is 0 Å². The summed E-state index contributed by atoms with van der Waals surface area (Å²) in [6.45, 7) is 2.01. The Morgan fingerprint density at radius 1 is 1.43 bits per heavy atom. The van der Waals surface area contributed by atoms with E-state index in [2.05, 4.69) is 4.98 Å². The Morgan fingerprint density at radius 2 is 2.21 bits per heavy atom. The van der Waals surface area contributed by atoms with Crippen LogP contribution in [0.4, 0.5) is 0 Å². The van der Waals surface area contributed by atoms with E-state index in [1.165, 1.54) is 0 Å². The normalized spacial score (nSPS) is 25.6. The van der Waals surface area contributed by atoms with Crippen LogP contribution in [0.25, 0.3) is 11.0 Å². The van der Waals surface area contributed by atoms with Crippen molar-refractivity contribution in [2.24, 2.45) is 0 Å². The molecule has 4 heteroatoms. The molecular weight excluding hydrogens is 196 g/mol. The smallest absolute Gasteiger partial charge is 0.171 e. The Labute approximate surface area is 85.8 Å². The molecule has 0 spiro atoms. The van der Waals surface area contributed by atoms with Crippen LogP contribution in [-0.4, -0.2) is 19.9 Å². The second-order valence-corrected chi connectivity index (χ2v) is 4.83. The molecule has 1 N–H and O–H groups in total. The minimum absolute atomic E-state index is 0.196. The van der Waals surface area contributed by atoms with Crippen LogP contribution in [-0.2, 0) is 0 Å². The Bertz CT molecular complexity index is 494. The second-order valence-electron chi connectivity index (χ2n) is 3.49. The van der Waals surface area contributed by atoms with Crippen molar-refractivity contribution >= 4 is 22.8 Å². The molecule has 3 nitrogen and oxygen atoms in total. The van der Waals surface area contributed by atoms with Gasteiger partial charge in [0.2, 0.25) is 0 Å². The Kier molecular flexibility index (Phi) is 1.63. The highest BCUT2D eigenvalue weighted by Crippen LogP contribution is 2.40. The van der Waals surface area contributed by atoms with Crippen LogP contribution in [0.2, 0.25) is 0 Å². The van der Waals surface area contributed by atoms with Gasteiger partial charge in [-0.2, -0.15) is 0 Å². The van der Waals surface area contributed by atoms with E-state index in [1.807, 2.05) is 35.8 Å². The number of aromatic nitrogens is 2. The fraction of sp³-hybridized carbons (Fsp3) is 0.300. The molecule has 0 amide bonds. The first-order chi connectivity index (χ1) is 6.77. The van der Waals surface area contributed by atoms with Gasteiger partial charge < -0.3 is 5.11 Å². The lowest BCUT2D eigenvalue weighted by Crippen LogP contribution is -2.11. The van der Waals surface area contributed by atoms with Gasteiger partial charge in [-0.1, -0.05) is 23.9 Å². The maximum atomic E-state index is 9.94. The number of para-hydroxylation sites is 2. The molecule has 2 heterocycles. The molecule has 0 saturated carbocycles. The van der Waals surface area contributed by atoms with Crippen molar-refractivity contribution in [1.29, 1.82) is 0 Å². The van der Waals surface area contributed by atoms with Crippen molar-refractivity contribution in [2.45, 2.75) is 23.6 Å². The van der Waals surface area contributed by atoms with Crippen molar-refractivity contribution in [2.75, 3.05) is 0 Å². The molecule has 0 fully saturated rings. The molecule has 2 atom stereocenters. The van der Waals surface area contributed by atoms with Gasteiger partial charge in [0, 0.05) is 0 Å². The van der Waals surface area contributed by atoms with Crippen LogP contribution >= 0.6 is 11.8 Å². The molecule has 14 heavy (non-hydrogen) atoms. The molecule has 1 aromatic carbocycles. The number of aliphatic hydroxyl groups excluding tert-OH is 1. The first-order valence-electron chi connectivity index (χ1n) is 4.59. The predicted octanol–water partition coefficient (Wildman–Crippen LogP) is 2.02. The lowest BCUT2D eigenvalue weighted by Gasteiger charge is -2.09. The average molecular weight is 206 g/mol. The van der Waals surface area contributed by atoms with Crippen LogP contribution in [0.15, 0.2) is 29.4 Å². The highest BCUT2D eigenvalue weighted by atomic mass is 32.2. The molecule has 2 unspecified atom stereocenters. The molecular formula is C10H10N2OS. The lowest BCUT2D eigenvalue weighted by atomic mass is 10.3. The number of rotatable bonds is 0. The van der Waals surface area contributed by atoms with E-state index in [9.17, 15) is 5.11 Å². The molecule has 0 radical (unpaired) electrons. The minimum atomic E-state index is -0.442. The average Bonchev–Trinajstić information content (AvgIpc) is 2.65. The van der Waals surface area contributed by atoms with E-state index >= 15 is 0 Å². The van der Waals surface area contributed by atoms with Gasteiger partial charge in [-0.3, -0.25) is 4.57 Å². The fourth-order valence-corrected chi connectivity index (χ4v) is 2.85. The zero-order valence-corrected chi connectivity index (χ0v) is 8.53. The summed E-state index contributed by atoms with van der Waals surface area (Å²) in [5.41, 5.74) is 1.98. The quantitative estimate of drug-likeness (QED) is 0.716. The number of thioether (sulfide) groups is 1. The topological polar surface area (TPSA) is 38.0 Å². The fourth-order valence-electron chi connectivity index (χ4n) is 1.80. The molecule has 1 aromatic heterocycles. The summed E-state index contributed by atoms with van der Waals surface area (Å²) >= 11 is 1.63. The van der Waals surface area contributed by atoms with E-state index in [4.69, 9.17) is 0 Å². The van der Waals surface area contributed by atoms with Gasteiger partial charge in [0.1, 0.15) is 6.23 Å². The molecule has 1 aliphatic heterocycles. The Hall–Kier alpha value is -1.00. The number of hydrogen-bond donors (Lipinski definition) is 1. The van der Waals surface area contributed by atoms with E-state index < -0.39 is 6.23 Å². The van der Waals surface area contributed by atoms with Crippen molar-refractivity contribution in [3.8, 4) is 0 Å². The van der Waals surface area contributed by atoms with Gasteiger partial charge in [-0.25, -0.2) is 4.98 Å². The zero-order valence-electron chi connectivity index (χ0n) is 7.71. The molecule has 1 aliphatic rings. The third-order valence-electron chi connectivity index (χ3n) is 2.54. The van der Waals surface area contributed by atoms with Crippen LogP contribution < -0.4 is 0 Å². The van der Waals surface area contributed by atoms with Crippen molar-refractivity contribution < 1.29 is 5.11 Å². The third kappa shape index (κ3) is 0.952. The van der Waals surface area contributed by atoms with Crippen molar-refractivity contribution in [1.82, 2.24) is 9.55 Å². The van der Waals surface area contributed by atoms with Gasteiger partial charge in [-0.05, 0) is 19.1 Å². The Morgan fingerprint density at radius 3 is 3.07 bits per heavy atom. The molecule has 0 bridgehead atoms. The summed E-state index contributed by atoms with van der Waals surface area (Å²) in [5, 5.41) is 11.1. The summed E-state index contributed by atoms with van der Waals surface area (Å²) < 4.78 is 1.91. The van der Waals surface area contributed by atoms with E-state index in [-0.39, 0.29) is 5.25 Å². The van der Waals surface area contributed by atoms with Crippen molar-refractivity contribution in [3.05, 3.63) is 24.3 Å². The van der Waals surface area contributed by atoms with Gasteiger partial charge >= 0.3 is 0 Å². The lowest BCUT2D eigenvalue weighted by molar-refractivity contribution is 0.109. The largest absolute Gasteiger partial charge is 0.372 e. The van der Waals surface area contributed by atoms with Gasteiger partial charge in [0.05, 0.1) is 16.3 Å². The molecule has 0 saturated heterocycles. The summed E-state index contributed by atoms with van der Waals surface area (Å²) in [6.07, 6.45) is -0.442. The SMILES string of the molecule is CC1Sc2nc3ccccc3n2C1O. The number of hydrogen-bond acceptors (Lipinski definition) is 3. The molecule has 72 valence electrons. The van der Waals surface area contributed by atoms with E-state index in [0.717, 1.165) is 16.2 Å². The number of imidazole rings is 1. The van der Waals surface area contributed by atoms with Crippen LogP contribution in [0.3, 0.4) is 0 Å². The molecule has 3 rings (SSSR count). The Balaban J connectivity index is 2.32. The summed E-state index contributed by atoms with van der Waals surface area (Å²) in [6, 6.07) is 7.90. The zero-order chi connectivity index (χ0) is 9.71. The maximum absolute atomic E-state index is 9.94. The minimum Gasteiger partial charge on any atom is -0.372 e.